The van der Waals surface area contributed by atoms with Crippen LogP contribution in [0.15, 0.2) is 58.8 Å². The Bertz CT molecular complexity index is 1910. The molecular weight excluding hydrogens is 606 g/mol. The SMILES string of the molecule is COc1cc2ncc3c(c2cc1OC(CNC(=O)OCCSC(C)C)c1cccs1)n(-c1ccc(C#N)cc1F)c(=O)n3C. The summed E-state index contributed by atoms with van der Waals surface area (Å²) in [6.07, 6.45) is 0.398. The summed E-state index contributed by atoms with van der Waals surface area (Å²) >= 11 is 3.17. The van der Waals surface area contributed by atoms with Crippen LogP contribution in [0, 0.1) is 17.1 Å². The minimum Gasteiger partial charge on any atom is -0.493 e. The Kier molecular flexibility index (Phi) is 9.41. The zero-order chi connectivity index (χ0) is 31.4. The molecule has 5 aromatic rings. The molecule has 1 atom stereocenters. The van der Waals surface area contributed by atoms with Crippen LogP contribution in [0.5, 0.6) is 11.5 Å². The van der Waals surface area contributed by atoms with Crippen LogP contribution in [0.2, 0.25) is 0 Å². The van der Waals surface area contributed by atoms with Gasteiger partial charge in [-0.1, -0.05) is 19.9 Å². The molecule has 5 rings (SSSR count). The first-order valence-electron chi connectivity index (χ1n) is 13.7. The van der Waals surface area contributed by atoms with E-state index in [2.05, 4.69) is 24.1 Å². The van der Waals surface area contributed by atoms with Gasteiger partial charge >= 0.3 is 11.8 Å². The quantitative estimate of drug-likeness (QED) is 0.177. The lowest BCUT2D eigenvalue weighted by molar-refractivity contribution is 0.142. The molecule has 0 radical (unpaired) electrons. The number of hydrogen-bond donors (Lipinski definition) is 1. The van der Waals surface area contributed by atoms with Gasteiger partial charge in [0, 0.05) is 29.1 Å². The molecule has 0 aliphatic rings. The third-order valence-corrected chi connectivity index (χ3v) is 8.85. The van der Waals surface area contributed by atoms with Gasteiger partial charge < -0.3 is 19.5 Å². The number of halogens is 1. The monoisotopic (exact) mass is 635 g/mol. The van der Waals surface area contributed by atoms with Crippen LogP contribution in [-0.4, -0.2) is 51.5 Å². The van der Waals surface area contributed by atoms with Crippen molar-refractivity contribution in [1.82, 2.24) is 19.4 Å². The first-order valence-corrected chi connectivity index (χ1v) is 15.6. The van der Waals surface area contributed by atoms with E-state index in [9.17, 15) is 14.9 Å². The minimum absolute atomic E-state index is 0.00337. The highest BCUT2D eigenvalue weighted by atomic mass is 32.2. The molecule has 228 valence electrons. The number of carbonyl (C=O) groups is 1. The van der Waals surface area contributed by atoms with Gasteiger partial charge in [-0.2, -0.15) is 17.0 Å². The summed E-state index contributed by atoms with van der Waals surface area (Å²) < 4.78 is 35.3. The largest absolute Gasteiger partial charge is 0.493 e. The molecular formula is C31H30FN5O5S2. The number of methoxy groups -OCH3 is 1. The van der Waals surface area contributed by atoms with E-state index in [0.29, 0.717) is 51.0 Å². The predicted octanol–water partition coefficient (Wildman–Crippen LogP) is 5.95. The fourth-order valence-electron chi connectivity index (χ4n) is 4.71. The van der Waals surface area contributed by atoms with Gasteiger partial charge in [-0.25, -0.2) is 14.0 Å². The number of hydrogen-bond acceptors (Lipinski definition) is 9. The molecule has 1 amide bonds. The second-order valence-electron chi connectivity index (χ2n) is 10.0. The molecule has 3 heterocycles. The third-order valence-electron chi connectivity index (χ3n) is 6.82. The van der Waals surface area contributed by atoms with Gasteiger partial charge in [-0.15, -0.1) is 11.3 Å². The Morgan fingerprint density at radius 2 is 2.05 bits per heavy atom. The summed E-state index contributed by atoms with van der Waals surface area (Å²) in [6, 6.07) is 13.0. The number of nitrogens with zero attached hydrogens (tertiary/aromatic N) is 4. The van der Waals surface area contributed by atoms with E-state index in [1.54, 1.807) is 37.1 Å². The summed E-state index contributed by atoms with van der Waals surface area (Å²) in [4.78, 5) is 31.2. The van der Waals surface area contributed by atoms with Gasteiger partial charge in [-0.05, 0) is 41.0 Å². The first kappa shape index (κ1) is 30.9. The van der Waals surface area contributed by atoms with Crippen molar-refractivity contribution in [1.29, 1.82) is 5.26 Å². The van der Waals surface area contributed by atoms with Gasteiger partial charge in [-0.3, -0.25) is 14.1 Å². The second-order valence-corrected chi connectivity index (χ2v) is 12.7. The summed E-state index contributed by atoms with van der Waals surface area (Å²) in [5.41, 5.74) is 1.02. The highest BCUT2D eigenvalue weighted by Gasteiger charge is 2.23. The first-order chi connectivity index (χ1) is 21.2. The molecule has 0 saturated heterocycles. The number of thiophene rings is 1. The summed E-state index contributed by atoms with van der Waals surface area (Å²) in [7, 11) is 3.08. The molecule has 3 aromatic heterocycles. The van der Waals surface area contributed by atoms with Crippen molar-refractivity contribution in [3.63, 3.8) is 0 Å². The van der Waals surface area contributed by atoms with Crippen LogP contribution in [0.3, 0.4) is 0 Å². The molecule has 1 unspecified atom stereocenters. The molecule has 44 heavy (non-hydrogen) atoms. The van der Waals surface area contributed by atoms with Crippen LogP contribution in [0.4, 0.5) is 9.18 Å². The number of aryl methyl sites for hydroxylation is 1. The Hall–Kier alpha value is -4.54. The molecule has 10 nitrogen and oxygen atoms in total. The molecule has 2 aromatic carbocycles. The topological polar surface area (TPSA) is 120 Å². The minimum atomic E-state index is -0.716. The number of nitriles is 1. The van der Waals surface area contributed by atoms with Gasteiger partial charge in [0.2, 0.25) is 0 Å². The highest BCUT2D eigenvalue weighted by Crippen LogP contribution is 2.38. The number of aromatic nitrogens is 3. The lowest BCUT2D eigenvalue weighted by Gasteiger charge is -2.21. The van der Waals surface area contributed by atoms with Crippen LogP contribution in [0.25, 0.3) is 27.6 Å². The molecule has 0 aliphatic heterocycles. The maximum Gasteiger partial charge on any atom is 0.407 e. The zero-order valence-corrected chi connectivity index (χ0v) is 26.1. The lowest BCUT2D eigenvalue weighted by Crippen LogP contribution is -2.31. The van der Waals surface area contributed by atoms with E-state index >= 15 is 4.39 Å². The van der Waals surface area contributed by atoms with E-state index in [1.165, 1.54) is 39.7 Å². The Morgan fingerprint density at radius 3 is 2.73 bits per heavy atom. The van der Waals surface area contributed by atoms with Gasteiger partial charge in [0.05, 0.1) is 53.7 Å². The van der Waals surface area contributed by atoms with Gasteiger partial charge in [0.1, 0.15) is 12.4 Å². The highest BCUT2D eigenvalue weighted by molar-refractivity contribution is 7.99. The number of rotatable bonds is 11. The number of fused-ring (bicyclic) bond motifs is 3. The summed E-state index contributed by atoms with van der Waals surface area (Å²) in [5.74, 6) is 0.698. The van der Waals surface area contributed by atoms with Gasteiger partial charge in [0.15, 0.2) is 17.6 Å². The average Bonchev–Trinajstić information content (AvgIpc) is 3.64. The number of alkyl carbamates (subject to hydrolysis) is 1. The van der Waals surface area contributed by atoms with Gasteiger partial charge in [0.25, 0.3) is 0 Å². The van der Waals surface area contributed by atoms with Crippen molar-refractivity contribution in [2.24, 2.45) is 7.05 Å². The van der Waals surface area contributed by atoms with Crippen LogP contribution >= 0.6 is 23.1 Å². The van der Waals surface area contributed by atoms with Crippen molar-refractivity contribution in [3.8, 4) is 23.3 Å². The number of ether oxygens (including phenoxy) is 3. The Balaban J connectivity index is 1.54. The molecule has 0 bridgehead atoms. The number of amides is 1. The van der Waals surface area contributed by atoms with Crippen molar-refractivity contribution in [2.75, 3.05) is 26.0 Å². The van der Waals surface area contributed by atoms with E-state index in [0.717, 1.165) is 10.9 Å². The molecule has 13 heteroatoms. The lowest BCUT2D eigenvalue weighted by atomic mass is 10.1. The fraction of sp³-hybridized carbons (Fsp3) is 0.290. The standard InChI is InChI=1S/C31H30FN5O5S2/c1-18(2)43-11-9-41-30(38)35-17-27(28-6-5-10-44-28)42-26-13-20-22(14-25(26)40-4)34-16-24-29(20)37(31(39)36(24)3)23-8-7-19(15-33)12-21(23)32/h5-8,10,12-14,16,18,27H,9,11,17H2,1-4H3,(H,35,38). The predicted molar refractivity (Wildman–Crippen MR) is 170 cm³/mol. The summed E-state index contributed by atoms with van der Waals surface area (Å²) in [5, 5.41) is 14.9. The van der Waals surface area contributed by atoms with E-state index in [-0.39, 0.29) is 17.8 Å². The zero-order valence-electron chi connectivity index (χ0n) is 24.5. The van der Waals surface area contributed by atoms with Crippen LogP contribution in [0.1, 0.15) is 30.4 Å². The average molecular weight is 636 g/mol. The second kappa shape index (κ2) is 13.4. The van der Waals surface area contributed by atoms with E-state index in [4.69, 9.17) is 14.2 Å². The smallest absolute Gasteiger partial charge is 0.407 e. The number of pyridine rings is 1. The van der Waals surface area contributed by atoms with Crippen LogP contribution in [-0.2, 0) is 11.8 Å². The van der Waals surface area contributed by atoms with Crippen molar-refractivity contribution >= 4 is 51.1 Å². The third kappa shape index (κ3) is 6.36. The van der Waals surface area contributed by atoms with Crippen molar-refractivity contribution < 1.29 is 23.4 Å². The van der Waals surface area contributed by atoms with E-state index < -0.39 is 23.7 Å². The normalized spacial score (nSPS) is 11.9. The molecule has 0 aliphatic carbocycles. The van der Waals surface area contributed by atoms with Crippen LogP contribution < -0.4 is 20.5 Å². The number of benzene rings is 2. The molecule has 1 N–H and O–H groups in total. The number of carbonyl (C=O) groups excluding carboxylic acids is 1. The molecule has 0 saturated carbocycles. The molecule has 0 fully saturated rings. The van der Waals surface area contributed by atoms with E-state index in [1.807, 2.05) is 23.6 Å². The number of imidazole rings is 1. The number of nitrogens with one attached hydrogen (secondary N) is 1. The Morgan fingerprint density at radius 1 is 1.23 bits per heavy atom. The maximum atomic E-state index is 15.2. The summed E-state index contributed by atoms with van der Waals surface area (Å²) in [6.45, 7) is 4.57. The maximum absolute atomic E-state index is 15.2. The van der Waals surface area contributed by atoms with Crippen molar-refractivity contribution in [3.05, 3.63) is 80.8 Å². The Labute approximate surface area is 261 Å². The van der Waals surface area contributed by atoms with Crippen molar-refractivity contribution in [2.45, 2.75) is 25.2 Å². The number of thioether (sulfide) groups is 1. The fourth-order valence-corrected chi connectivity index (χ4v) is 6.12. The molecule has 0 spiro atoms.